The topological polar surface area (TPSA) is 51.2 Å². The highest BCUT2D eigenvalue weighted by atomic mass is 32.1. The molecule has 3 aromatic rings. The predicted octanol–water partition coefficient (Wildman–Crippen LogP) is 3.67. The quantitative estimate of drug-likeness (QED) is 0.799. The van der Waals surface area contributed by atoms with Crippen LogP contribution in [0.1, 0.15) is 28.1 Å². The molecule has 0 bridgehead atoms. The molecule has 3 heterocycles. The van der Waals surface area contributed by atoms with Gasteiger partial charge in [-0.1, -0.05) is 12.1 Å². The fourth-order valence-corrected chi connectivity index (χ4v) is 3.89. The molecule has 0 aliphatic carbocycles. The van der Waals surface area contributed by atoms with E-state index in [-0.39, 0.29) is 12.0 Å². The molecule has 1 aliphatic rings. The summed E-state index contributed by atoms with van der Waals surface area (Å²) in [6, 6.07) is 10.3. The largest absolute Gasteiger partial charge is 0.376 e. The zero-order chi connectivity index (χ0) is 15.8. The maximum Gasteiger partial charge on any atom is 0.261 e. The standard InChI is InChI=1S/C18H18N2O2S/c1-11-4-5-12-8-13-9-16(23-18(13)20-15(12)7-11)17(21)19-10-14-3-2-6-22-14/h4-5,7-9,14H,2-3,6,10H2,1H3,(H,19,21)/t14-/m1/s1. The highest BCUT2D eigenvalue weighted by Gasteiger charge is 2.18. The zero-order valence-electron chi connectivity index (χ0n) is 13.0. The number of nitrogens with zero attached hydrogens (tertiary/aromatic N) is 1. The lowest BCUT2D eigenvalue weighted by Gasteiger charge is -2.09. The van der Waals surface area contributed by atoms with Gasteiger partial charge in [-0.2, -0.15) is 0 Å². The number of pyridine rings is 1. The Morgan fingerprint density at radius 2 is 2.26 bits per heavy atom. The van der Waals surface area contributed by atoms with E-state index in [1.165, 1.54) is 16.9 Å². The zero-order valence-corrected chi connectivity index (χ0v) is 13.8. The molecule has 0 radical (unpaired) electrons. The molecular weight excluding hydrogens is 308 g/mol. The number of amides is 1. The number of carbonyl (C=O) groups excluding carboxylic acids is 1. The molecule has 1 aliphatic heterocycles. The number of nitrogens with one attached hydrogen (secondary N) is 1. The van der Waals surface area contributed by atoms with Crippen molar-refractivity contribution in [2.24, 2.45) is 0 Å². The number of hydrogen-bond acceptors (Lipinski definition) is 4. The summed E-state index contributed by atoms with van der Waals surface area (Å²) in [5.74, 6) is -0.0382. The molecule has 0 unspecified atom stereocenters. The van der Waals surface area contributed by atoms with Crippen LogP contribution < -0.4 is 5.32 Å². The third-order valence-electron chi connectivity index (χ3n) is 4.20. The number of aromatic nitrogens is 1. The van der Waals surface area contributed by atoms with Crippen molar-refractivity contribution in [3.05, 3.63) is 40.8 Å². The van der Waals surface area contributed by atoms with Crippen molar-refractivity contribution in [1.29, 1.82) is 0 Å². The van der Waals surface area contributed by atoms with Gasteiger partial charge in [0.05, 0.1) is 16.5 Å². The predicted molar refractivity (Wildman–Crippen MR) is 93.2 cm³/mol. The van der Waals surface area contributed by atoms with Crippen LogP contribution in [-0.4, -0.2) is 30.1 Å². The van der Waals surface area contributed by atoms with Crippen LogP contribution in [0.5, 0.6) is 0 Å². The number of fused-ring (bicyclic) bond motifs is 2. The SMILES string of the molecule is Cc1ccc2cc3cc(C(=O)NC[C@H]4CCCO4)sc3nc2c1. The van der Waals surface area contributed by atoms with Crippen molar-refractivity contribution >= 4 is 38.4 Å². The number of ether oxygens (including phenoxy) is 1. The lowest BCUT2D eigenvalue weighted by atomic mass is 10.1. The first-order valence-electron chi connectivity index (χ1n) is 7.90. The van der Waals surface area contributed by atoms with Gasteiger partial charge in [-0.25, -0.2) is 4.98 Å². The van der Waals surface area contributed by atoms with Crippen LogP contribution in [0.2, 0.25) is 0 Å². The van der Waals surface area contributed by atoms with Crippen LogP contribution in [-0.2, 0) is 4.74 Å². The molecule has 1 fully saturated rings. The van der Waals surface area contributed by atoms with Gasteiger partial charge in [0.15, 0.2) is 0 Å². The fraction of sp³-hybridized carbons (Fsp3) is 0.333. The summed E-state index contributed by atoms with van der Waals surface area (Å²) in [5.41, 5.74) is 2.17. The molecule has 23 heavy (non-hydrogen) atoms. The molecule has 4 rings (SSSR count). The third-order valence-corrected chi connectivity index (χ3v) is 5.24. The van der Waals surface area contributed by atoms with Crippen molar-refractivity contribution in [3.8, 4) is 0 Å². The van der Waals surface area contributed by atoms with Gasteiger partial charge in [0.1, 0.15) is 4.83 Å². The Kier molecular flexibility index (Phi) is 3.75. The normalized spacial score (nSPS) is 17.9. The second-order valence-electron chi connectivity index (χ2n) is 6.03. The minimum absolute atomic E-state index is 0.0382. The van der Waals surface area contributed by atoms with Crippen molar-refractivity contribution in [3.63, 3.8) is 0 Å². The van der Waals surface area contributed by atoms with Gasteiger partial charge in [0, 0.05) is 23.9 Å². The van der Waals surface area contributed by atoms with Crippen molar-refractivity contribution in [2.45, 2.75) is 25.9 Å². The van der Waals surface area contributed by atoms with Gasteiger partial charge in [-0.05, 0) is 43.5 Å². The summed E-state index contributed by atoms with van der Waals surface area (Å²) in [6.45, 7) is 3.45. The second-order valence-corrected chi connectivity index (χ2v) is 7.07. The summed E-state index contributed by atoms with van der Waals surface area (Å²) in [6.07, 6.45) is 2.27. The highest BCUT2D eigenvalue weighted by Crippen LogP contribution is 2.28. The lowest BCUT2D eigenvalue weighted by Crippen LogP contribution is -2.31. The molecule has 1 N–H and O–H groups in total. The van der Waals surface area contributed by atoms with E-state index >= 15 is 0 Å². The number of hydrogen-bond donors (Lipinski definition) is 1. The first-order valence-corrected chi connectivity index (χ1v) is 8.71. The molecule has 4 nitrogen and oxygen atoms in total. The summed E-state index contributed by atoms with van der Waals surface area (Å²) >= 11 is 1.44. The number of thiophene rings is 1. The molecule has 1 aromatic carbocycles. The third kappa shape index (κ3) is 2.94. The summed E-state index contributed by atoms with van der Waals surface area (Å²) in [7, 11) is 0. The van der Waals surface area contributed by atoms with Crippen LogP contribution in [0.15, 0.2) is 30.3 Å². The Hall–Kier alpha value is -1.98. The van der Waals surface area contributed by atoms with E-state index in [0.29, 0.717) is 11.4 Å². The molecule has 1 saturated heterocycles. The maximum atomic E-state index is 12.3. The van der Waals surface area contributed by atoms with Gasteiger partial charge in [0.25, 0.3) is 5.91 Å². The minimum atomic E-state index is -0.0382. The van der Waals surface area contributed by atoms with E-state index in [9.17, 15) is 4.79 Å². The minimum Gasteiger partial charge on any atom is -0.376 e. The van der Waals surface area contributed by atoms with Gasteiger partial charge in [-0.3, -0.25) is 4.79 Å². The molecule has 118 valence electrons. The van der Waals surface area contributed by atoms with Crippen LogP contribution in [0, 0.1) is 6.92 Å². The summed E-state index contributed by atoms with van der Waals surface area (Å²) < 4.78 is 5.54. The van der Waals surface area contributed by atoms with Gasteiger partial charge >= 0.3 is 0 Å². The Morgan fingerprint density at radius 1 is 1.35 bits per heavy atom. The van der Waals surface area contributed by atoms with E-state index in [0.717, 1.165) is 40.6 Å². The van der Waals surface area contributed by atoms with E-state index < -0.39 is 0 Å². The average Bonchev–Trinajstić information content (AvgIpc) is 3.19. The first kappa shape index (κ1) is 14.6. The van der Waals surface area contributed by atoms with Crippen molar-refractivity contribution in [1.82, 2.24) is 10.3 Å². The monoisotopic (exact) mass is 326 g/mol. The molecule has 5 heteroatoms. The second kappa shape index (κ2) is 5.91. The number of benzene rings is 1. The molecular formula is C18H18N2O2S. The average molecular weight is 326 g/mol. The lowest BCUT2D eigenvalue weighted by molar-refractivity contribution is 0.0861. The molecule has 0 saturated carbocycles. The summed E-state index contributed by atoms with van der Waals surface area (Å²) in [5, 5.41) is 5.10. The first-order chi connectivity index (χ1) is 11.2. The molecule has 1 amide bonds. The van der Waals surface area contributed by atoms with Crippen molar-refractivity contribution < 1.29 is 9.53 Å². The Bertz CT molecular complexity index is 881. The molecule has 0 spiro atoms. The van der Waals surface area contributed by atoms with E-state index in [1.54, 1.807) is 0 Å². The van der Waals surface area contributed by atoms with E-state index in [2.05, 4.69) is 36.5 Å². The fourth-order valence-electron chi connectivity index (χ4n) is 2.95. The van der Waals surface area contributed by atoms with Gasteiger partial charge < -0.3 is 10.1 Å². The van der Waals surface area contributed by atoms with Gasteiger partial charge in [-0.15, -0.1) is 11.3 Å². The van der Waals surface area contributed by atoms with E-state index in [4.69, 9.17) is 9.72 Å². The maximum absolute atomic E-state index is 12.3. The van der Waals surface area contributed by atoms with Crippen LogP contribution in [0.4, 0.5) is 0 Å². The Morgan fingerprint density at radius 3 is 3.09 bits per heavy atom. The van der Waals surface area contributed by atoms with Gasteiger partial charge in [0.2, 0.25) is 0 Å². The Labute approximate surface area is 138 Å². The molecule has 2 aromatic heterocycles. The Balaban J connectivity index is 1.59. The number of aryl methyl sites for hydroxylation is 1. The molecule has 1 atom stereocenters. The smallest absolute Gasteiger partial charge is 0.261 e. The summed E-state index contributed by atoms with van der Waals surface area (Å²) in [4.78, 5) is 18.6. The van der Waals surface area contributed by atoms with Crippen molar-refractivity contribution in [2.75, 3.05) is 13.2 Å². The van der Waals surface area contributed by atoms with Crippen LogP contribution in [0.3, 0.4) is 0 Å². The van der Waals surface area contributed by atoms with Crippen LogP contribution in [0.25, 0.3) is 21.1 Å². The number of rotatable bonds is 3. The highest BCUT2D eigenvalue weighted by molar-refractivity contribution is 7.20. The van der Waals surface area contributed by atoms with Crippen LogP contribution >= 0.6 is 11.3 Å². The van der Waals surface area contributed by atoms with E-state index in [1.807, 2.05) is 6.07 Å². The number of carbonyl (C=O) groups is 1.